The Labute approximate surface area is 145 Å². The van der Waals surface area contributed by atoms with E-state index in [0.29, 0.717) is 16.3 Å². The first-order valence-electron chi connectivity index (χ1n) is 7.45. The van der Waals surface area contributed by atoms with Crippen LogP contribution in [-0.2, 0) is 0 Å². The fourth-order valence-corrected chi connectivity index (χ4v) is 2.62. The number of carbonyl (C=O) groups is 1. The van der Waals surface area contributed by atoms with Crippen LogP contribution in [0.3, 0.4) is 0 Å². The zero-order valence-electron chi connectivity index (χ0n) is 13.1. The van der Waals surface area contributed by atoms with Crippen LogP contribution in [0.4, 0.5) is 17.1 Å². The lowest BCUT2D eigenvalue weighted by Gasteiger charge is -2.22. The van der Waals surface area contributed by atoms with Crippen LogP contribution in [0.15, 0.2) is 73.1 Å². The summed E-state index contributed by atoms with van der Waals surface area (Å²) in [6.07, 6.45) is 3.45. The number of nitrogens with zero attached hydrogens (tertiary/aromatic N) is 2. The van der Waals surface area contributed by atoms with Gasteiger partial charge in [-0.2, -0.15) is 0 Å². The molecule has 1 aromatic heterocycles. The first-order valence-corrected chi connectivity index (χ1v) is 7.82. The van der Waals surface area contributed by atoms with Crippen molar-refractivity contribution in [2.75, 3.05) is 17.3 Å². The van der Waals surface area contributed by atoms with Gasteiger partial charge in [-0.3, -0.25) is 9.78 Å². The molecule has 4 nitrogen and oxygen atoms in total. The number of para-hydroxylation sites is 1. The predicted octanol–water partition coefficient (Wildman–Crippen LogP) is 4.76. The molecule has 0 spiro atoms. The highest BCUT2D eigenvalue weighted by Gasteiger charge is 2.15. The van der Waals surface area contributed by atoms with Gasteiger partial charge in [0.15, 0.2) is 0 Å². The zero-order chi connectivity index (χ0) is 16.9. The molecule has 1 amide bonds. The van der Waals surface area contributed by atoms with Gasteiger partial charge >= 0.3 is 0 Å². The fraction of sp³-hybridized carbons (Fsp3) is 0.0526. The lowest BCUT2D eigenvalue weighted by Crippen LogP contribution is -2.18. The molecule has 0 unspecified atom stereocenters. The number of halogens is 1. The maximum Gasteiger partial charge on any atom is 0.257 e. The number of rotatable bonds is 4. The summed E-state index contributed by atoms with van der Waals surface area (Å²) in [4.78, 5) is 18.7. The molecule has 24 heavy (non-hydrogen) atoms. The summed E-state index contributed by atoms with van der Waals surface area (Å²) in [6, 6.07) is 18.3. The van der Waals surface area contributed by atoms with E-state index in [-0.39, 0.29) is 5.91 Å². The van der Waals surface area contributed by atoms with E-state index >= 15 is 0 Å². The number of benzene rings is 2. The Kier molecular flexibility index (Phi) is 4.77. The number of hydrogen-bond acceptors (Lipinski definition) is 3. The summed E-state index contributed by atoms with van der Waals surface area (Å²) in [5, 5.41) is 3.46. The summed E-state index contributed by atoms with van der Waals surface area (Å²) in [5.41, 5.74) is 3.00. The lowest BCUT2D eigenvalue weighted by molar-refractivity contribution is 0.102. The van der Waals surface area contributed by atoms with Crippen LogP contribution in [0, 0.1) is 0 Å². The zero-order valence-corrected chi connectivity index (χ0v) is 13.9. The van der Waals surface area contributed by atoms with Crippen LogP contribution in [-0.4, -0.2) is 17.9 Å². The largest absolute Gasteiger partial charge is 0.344 e. The standard InChI is InChI=1S/C19H16ClN3O/c1-23(16-9-11-21-12-10-16)18-8-3-2-7-17(18)19(24)22-15-6-4-5-14(20)13-15/h2-13H,1H3,(H,22,24). The van der Waals surface area contributed by atoms with Crippen LogP contribution in [0.25, 0.3) is 0 Å². The quantitative estimate of drug-likeness (QED) is 0.746. The molecular formula is C19H16ClN3O. The van der Waals surface area contributed by atoms with Crippen molar-refractivity contribution in [3.63, 3.8) is 0 Å². The molecule has 0 aliphatic rings. The van der Waals surface area contributed by atoms with Gasteiger partial charge in [0.1, 0.15) is 0 Å². The summed E-state index contributed by atoms with van der Waals surface area (Å²) in [6.45, 7) is 0. The van der Waals surface area contributed by atoms with Crippen molar-refractivity contribution in [1.29, 1.82) is 0 Å². The Morgan fingerprint density at radius 3 is 2.54 bits per heavy atom. The summed E-state index contributed by atoms with van der Waals surface area (Å²) >= 11 is 5.97. The monoisotopic (exact) mass is 337 g/mol. The Bertz CT molecular complexity index is 852. The van der Waals surface area contributed by atoms with Crippen molar-refractivity contribution in [3.8, 4) is 0 Å². The van der Waals surface area contributed by atoms with Crippen LogP contribution in [0.1, 0.15) is 10.4 Å². The van der Waals surface area contributed by atoms with Crippen LogP contribution in [0.2, 0.25) is 5.02 Å². The summed E-state index contributed by atoms with van der Waals surface area (Å²) < 4.78 is 0. The number of nitrogens with one attached hydrogen (secondary N) is 1. The Balaban J connectivity index is 1.90. The molecule has 3 aromatic rings. The molecule has 120 valence electrons. The molecule has 0 fully saturated rings. The highest BCUT2D eigenvalue weighted by atomic mass is 35.5. The van der Waals surface area contributed by atoms with Crippen LogP contribution < -0.4 is 10.2 Å². The van der Waals surface area contributed by atoms with Crippen LogP contribution >= 0.6 is 11.6 Å². The summed E-state index contributed by atoms with van der Waals surface area (Å²) in [7, 11) is 1.92. The van der Waals surface area contributed by atoms with Gasteiger partial charge in [0.25, 0.3) is 5.91 Å². The van der Waals surface area contributed by atoms with Gasteiger partial charge in [-0.1, -0.05) is 29.8 Å². The number of aromatic nitrogens is 1. The minimum absolute atomic E-state index is 0.186. The highest BCUT2D eigenvalue weighted by Crippen LogP contribution is 2.27. The minimum Gasteiger partial charge on any atom is -0.344 e. The summed E-state index contributed by atoms with van der Waals surface area (Å²) in [5.74, 6) is -0.186. The molecular weight excluding hydrogens is 322 g/mol. The smallest absolute Gasteiger partial charge is 0.257 e. The van der Waals surface area contributed by atoms with Gasteiger partial charge in [-0.15, -0.1) is 0 Å². The fourth-order valence-electron chi connectivity index (χ4n) is 2.43. The number of anilines is 3. The van der Waals surface area contributed by atoms with E-state index in [1.165, 1.54) is 0 Å². The molecule has 1 heterocycles. The van der Waals surface area contributed by atoms with Crippen molar-refractivity contribution >= 4 is 34.6 Å². The molecule has 0 aliphatic carbocycles. The van der Waals surface area contributed by atoms with Crippen molar-refractivity contribution in [1.82, 2.24) is 4.98 Å². The Morgan fingerprint density at radius 1 is 1.04 bits per heavy atom. The number of carbonyl (C=O) groups excluding carboxylic acids is 1. The van der Waals surface area contributed by atoms with Crippen molar-refractivity contribution in [2.24, 2.45) is 0 Å². The van der Waals surface area contributed by atoms with E-state index in [9.17, 15) is 4.79 Å². The predicted molar refractivity (Wildman–Crippen MR) is 98.1 cm³/mol. The molecule has 2 aromatic carbocycles. The van der Waals surface area contributed by atoms with Crippen molar-refractivity contribution in [3.05, 3.63) is 83.6 Å². The first-order chi connectivity index (χ1) is 11.6. The third-order valence-electron chi connectivity index (χ3n) is 3.64. The van der Waals surface area contributed by atoms with E-state index in [1.54, 1.807) is 42.7 Å². The maximum atomic E-state index is 12.7. The van der Waals surface area contributed by atoms with Gasteiger partial charge in [-0.05, 0) is 42.5 Å². The molecule has 0 aliphatic heterocycles. The number of pyridine rings is 1. The van der Waals surface area contributed by atoms with Gasteiger partial charge in [0.2, 0.25) is 0 Å². The van der Waals surface area contributed by atoms with Crippen molar-refractivity contribution in [2.45, 2.75) is 0 Å². The minimum atomic E-state index is -0.186. The molecule has 0 bridgehead atoms. The van der Waals surface area contributed by atoms with E-state index < -0.39 is 0 Å². The van der Waals surface area contributed by atoms with Gasteiger partial charge < -0.3 is 10.2 Å². The van der Waals surface area contributed by atoms with Crippen molar-refractivity contribution < 1.29 is 4.79 Å². The molecule has 0 saturated carbocycles. The maximum absolute atomic E-state index is 12.7. The number of amides is 1. The highest BCUT2D eigenvalue weighted by molar-refractivity contribution is 6.31. The second-order valence-corrected chi connectivity index (χ2v) is 5.68. The molecule has 1 N–H and O–H groups in total. The molecule has 0 saturated heterocycles. The topological polar surface area (TPSA) is 45.2 Å². The van der Waals surface area contributed by atoms with Crippen LogP contribution in [0.5, 0.6) is 0 Å². The van der Waals surface area contributed by atoms with E-state index in [4.69, 9.17) is 11.6 Å². The lowest BCUT2D eigenvalue weighted by atomic mass is 10.1. The average Bonchev–Trinajstić information content (AvgIpc) is 2.62. The molecule has 3 rings (SSSR count). The Morgan fingerprint density at radius 2 is 1.79 bits per heavy atom. The Hall–Kier alpha value is -2.85. The molecule has 0 radical (unpaired) electrons. The molecule has 0 atom stereocenters. The first kappa shape index (κ1) is 16.0. The van der Waals surface area contributed by atoms with E-state index in [1.807, 2.05) is 42.3 Å². The van der Waals surface area contributed by atoms with E-state index in [0.717, 1.165) is 11.4 Å². The second-order valence-electron chi connectivity index (χ2n) is 5.25. The number of hydrogen-bond donors (Lipinski definition) is 1. The third kappa shape index (κ3) is 3.55. The molecule has 5 heteroatoms. The second kappa shape index (κ2) is 7.15. The average molecular weight is 338 g/mol. The van der Waals surface area contributed by atoms with E-state index in [2.05, 4.69) is 10.3 Å². The normalized spacial score (nSPS) is 10.2. The third-order valence-corrected chi connectivity index (χ3v) is 3.88. The van der Waals surface area contributed by atoms with Gasteiger partial charge in [0.05, 0.1) is 11.3 Å². The SMILES string of the molecule is CN(c1ccncc1)c1ccccc1C(=O)Nc1cccc(Cl)c1. The van der Waals surface area contributed by atoms with Gasteiger partial charge in [0, 0.05) is 35.8 Å². The van der Waals surface area contributed by atoms with Gasteiger partial charge in [-0.25, -0.2) is 0 Å².